The summed E-state index contributed by atoms with van der Waals surface area (Å²) in [5.74, 6) is 1.21. The Labute approximate surface area is 110 Å². The first-order valence-corrected chi connectivity index (χ1v) is 6.16. The van der Waals surface area contributed by atoms with Crippen LogP contribution >= 0.6 is 31.9 Å². The summed E-state index contributed by atoms with van der Waals surface area (Å²) in [7, 11) is 0. The van der Waals surface area contributed by atoms with Gasteiger partial charge < -0.3 is 9.84 Å². The molecule has 0 aliphatic rings. The molecule has 0 spiro atoms. The van der Waals surface area contributed by atoms with Gasteiger partial charge in [0.2, 0.25) is 0 Å². The highest BCUT2D eigenvalue weighted by atomic mass is 79.9. The van der Waals surface area contributed by atoms with E-state index in [1.54, 1.807) is 12.1 Å². The lowest BCUT2D eigenvalue weighted by Crippen LogP contribution is -1.84. The highest BCUT2D eigenvalue weighted by molar-refractivity contribution is 9.10. The summed E-state index contributed by atoms with van der Waals surface area (Å²) in [6.45, 7) is 0. The van der Waals surface area contributed by atoms with Crippen LogP contribution in [0.5, 0.6) is 17.2 Å². The number of phenols is 1. The molecule has 0 radical (unpaired) electrons. The third-order valence-corrected chi connectivity index (χ3v) is 2.93. The van der Waals surface area contributed by atoms with E-state index >= 15 is 0 Å². The van der Waals surface area contributed by atoms with Crippen LogP contribution in [-0.2, 0) is 0 Å². The minimum atomic E-state index is 0.106. The highest BCUT2D eigenvalue weighted by Gasteiger charge is 2.04. The second kappa shape index (κ2) is 4.89. The van der Waals surface area contributed by atoms with E-state index < -0.39 is 0 Å². The molecule has 4 heteroatoms. The van der Waals surface area contributed by atoms with Gasteiger partial charge in [-0.1, -0.05) is 37.9 Å². The Bertz CT molecular complexity index is 512. The number of benzene rings is 2. The van der Waals surface area contributed by atoms with Gasteiger partial charge in [-0.25, -0.2) is 0 Å². The zero-order valence-electron chi connectivity index (χ0n) is 8.15. The highest BCUT2D eigenvalue weighted by Crippen LogP contribution is 2.33. The van der Waals surface area contributed by atoms with Gasteiger partial charge in [-0.3, -0.25) is 0 Å². The summed E-state index contributed by atoms with van der Waals surface area (Å²) >= 11 is 6.63. The van der Waals surface area contributed by atoms with Crippen molar-refractivity contribution in [1.82, 2.24) is 0 Å². The van der Waals surface area contributed by atoms with Gasteiger partial charge >= 0.3 is 0 Å². The minimum absolute atomic E-state index is 0.106. The van der Waals surface area contributed by atoms with E-state index in [1.165, 1.54) is 0 Å². The maximum atomic E-state index is 9.66. The van der Waals surface area contributed by atoms with E-state index in [4.69, 9.17) is 4.74 Å². The molecule has 82 valence electrons. The van der Waals surface area contributed by atoms with Crippen LogP contribution < -0.4 is 4.74 Å². The molecule has 0 aliphatic carbocycles. The Hall–Kier alpha value is -1.00. The smallest absolute Gasteiger partial charge is 0.169 e. The number of aromatic hydroxyl groups is 1. The average molecular weight is 344 g/mol. The van der Waals surface area contributed by atoms with Crippen molar-refractivity contribution in [2.45, 2.75) is 0 Å². The third kappa shape index (κ3) is 2.77. The molecular formula is C12H8Br2O2. The van der Waals surface area contributed by atoms with Gasteiger partial charge in [-0.15, -0.1) is 0 Å². The molecular weight excluding hydrogens is 336 g/mol. The third-order valence-electron chi connectivity index (χ3n) is 1.94. The predicted octanol–water partition coefficient (Wildman–Crippen LogP) is 4.71. The molecule has 2 aromatic rings. The van der Waals surface area contributed by atoms with Crippen molar-refractivity contribution in [2.75, 3.05) is 0 Å². The number of hydrogen-bond donors (Lipinski definition) is 1. The lowest BCUT2D eigenvalue weighted by Gasteiger charge is -2.07. The van der Waals surface area contributed by atoms with Gasteiger partial charge in [0.15, 0.2) is 11.5 Å². The standard InChI is InChI=1S/C12H8Br2O2/c13-8-2-1-3-10(6-8)16-12-5-4-9(14)7-11(12)15/h1-7,15H. The van der Waals surface area contributed by atoms with Crippen LogP contribution in [0, 0.1) is 0 Å². The fourth-order valence-electron chi connectivity index (χ4n) is 1.23. The number of rotatable bonds is 2. The quantitative estimate of drug-likeness (QED) is 0.855. The molecule has 0 unspecified atom stereocenters. The topological polar surface area (TPSA) is 29.5 Å². The van der Waals surface area contributed by atoms with Crippen LogP contribution in [0.25, 0.3) is 0 Å². The first-order chi connectivity index (χ1) is 7.65. The number of hydrogen-bond acceptors (Lipinski definition) is 2. The van der Waals surface area contributed by atoms with Crippen molar-refractivity contribution < 1.29 is 9.84 Å². The first kappa shape index (κ1) is 11.5. The van der Waals surface area contributed by atoms with Crippen LogP contribution in [0.15, 0.2) is 51.4 Å². The summed E-state index contributed by atoms with van der Waals surface area (Å²) in [5, 5.41) is 9.66. The van der Waals surface area contributed by atoms with Gasteiger partial charge in [0, 0.05) is 8.95 Å². The molecule has 0 heterocycles. The molecule has 0 atom stereocenters. The Morgan fingerprint density at radius 2 is 1.69 bits per heavy atom. The van der Waals surface area contributed by atoms with E-state index in [2.05, 4.69) is 31.9 Å². The lowest BCUT2D eigenvalue weighted by molar-refractivity contribution is 0.411. The van der Waals surface area contributed by atoms with Crippen molar-refractivity contribution in [1.29, 1.82) is 0 Å². The monoisotopic (exact) mass is 342 g/mol. The van der Waals surface area contributed by atoms with E-state index in [0.29, 0.717) is 11.5 Å². The molecule has 16 heavy (non-hydrogen) atoms. The molecule has 0 saturated heterocycles. The lowest BCUT2D eigenvalue weighted by atomic mass is 10.3. The maximum Gasteiger partial charge on any atom is 0.169 e. The number of ether oxygens (including phenoxy) is 1. The summed E-state index contributed by atoms with van der Waals surface area (Å²) in [4.78, 5) is 0. The molecule has 2 aromatic carbocycles. The van der Waals surface area contributed by atoms with Crippen LogP contribution in [0.1, 0.15) is 0 Å². The average Bonchev–Trinajstić information content (AvgIpc) is 2.22. The van der Waals surface area contributed by atoms with Crippen molar-refractivity contribution in [3.63, 3.8) is 0 Å². The Morgan fingerprint density at radius 3 is 2.38 bits per heavy atom. The number of halogens is 2. The maximum absolute atomic E-state index is 9.66. The minimum Gasteiger partial charge on any atom is -0.504 e. The SMILES string of the molecule is Oc1cc(Br)ccc1Oc1cccc(Br)c1. The summed E-state index contributed by atoms with van der Waals surface area (Å²) in [5.41, 5.74) is 0. The molecule has 0 aliphatic heterocycles. The Balaban J connectivity index is 2.27. The van der Waals surface area contributed by atoms with Gasteiger partial charge in [0.1, 0.15) is 5.75 Å². The zero-order chi connectivity index (χ0) is 11.5. The largest absolute Gasteiger partial charge is 0.504 e. The second-order valence-corrected chi connectivity index (χ2v) is 5.00. The fourth-order valence-corrected chi connectivity index (χ4v) is 1.96. The zero-order valence-corrected chi connectivity index (χ0v) is 11.3. The van der Waals surface area contributed by atoms with Crippen LogP contribution in [-0.4, -0.2) is 5.11 Å². The summed E-state index contributed by atoms with van der Waals surface area (Å²) in [6.07, 6.45) is 0. The van der Waals surface area contributed by atoms with E-state index in [9.17, 15) is 5.11 Å². The Kier molecular flexibility index (Phi) is 3.51. The van der Waals surface area contributed by atoms with Gasteiger partial charge in [-0.2, -0.15) is 0 Å². The van der Waals surface area contributed by atoms with E-state index in [1.807, 2.05) is 30.3 Å². The molecule has 2 nitrogen and oxygen atoms in total. The first-order valence-electron chi connectivity index (χ1n) is 4.57. The molecule has 1 N–H and O–H groups in total. The normalized spacial score (nSPS) is 10.1. The van der Waals surface area contributed by atoms with Crippen molar-refractivity contribution in [2.24, 2.45) is 0 Å². The second-order valence-electron chi connectivity index (χ2n) is 3.17. The van der Waals surface area contributed by atoms with Gasteiger partial charge in [-0.05, 0) is 36.4 Å². The summed E-state index contributed by atoms with van der Waals surface area (Å²) < 4.78 is 7.29. The molecule has 2 rings (SSSR count). The molecule has 0 amide bonds. The van der Waals surface area contributed by atoms with Gasteiger partial charge in [0.05, 0.1) is 0 Å². The molecule has 0 bridgehead atoms. The van der Waals surface area contributed by atoms with Crippen LogP contribution in [0.4, 0.5) is 0 Å². The van der Waals surface area contributed by atoms with Crippen molar-refractivity contribution in [3.8, 4) is 17.2 Å². The molecule has 0 saturated carbocycles. The predicted molar refractivity (Wildman–Crippen MR) is 70.0 cm³/mol. The van der Waals surface area contributed by atoms with Crippen LogP contribution in [0.3, 0.4) is 0 Å². The Morgan fingerprint density at radius 1 is 0.938 bits per heavy atom. The number of phenolic OH excluding ortho intramolecular Hbond substituents is 1. The van der Waals surface area contributed by atoms with Crippen molar-refractivity contribution >= 4 is 31.9 Å². The van der Waals surface area contributed by atoms with E-state index in [0.717, 1.165) is 8.95 Å². The molecule has 0 fully saturated rings. The van der Waals surface area contributed by atoms with Gasteiger partial charge in [0.25, 0.3) is 0 Å². The summed E-state index contributed by atoms with van der Waals surface area (Å²) in [6, 6.07) is 12.6. The van der Waals surface area contributed by atoms with Crippen molar-refractivity contribution in [3.05, 3.63) is 51.4 Å². The van der Waals surface area contributed by atoms with Crippen LogP contribution in [0.2, 0.25) is 0 Å². The molecule has 0 aromatic heterocycles. The fraction of sp³-hybridized carbons (Fsp3) is 0. The van der Waals surface area contributed by atoms with E-state index in [-0.39, 0.29) is 5.75 Å².